The van der Waals surface area contributed by atoms with Gasteiger partial charge in [-0.25, -0.2) is 4.21 Å². The molecule has 3 rings (SSSR count). The van der Waals surface area contributed by atoms with Gasteiger partial charge in [-0.2, -0.15) is 0 Å². The Balaban J connectivity index is 1.30. The second kappa shape index (κ2) is 24.1. The topological polar surface area (TPSA) is 133 Å². The number of rotatable bonds is 29. The minimum Gasteiger partial charge on any atom is -0.493 e. The average molecular weight is 787 g/mol. The minimum absolute atomic E-state index is 0.0675. The summed E-state index contributed by atoms with van der Waals surface area (Å²) in [5.41, 5.74) is -0.203. The van der Waals surface area contributed by atoms with Crippen molar-refractivity contribution in [1.82, 2.24) is 20.8 Å². The highest BCUT2D eigenvalue weighted by atomic mass is 32.2. The van der Waals surface area contributed by atoms with Crippen LogP contribution in [-0.4, -0.2) is 64.9 Å². The number of hydrogen-bond donors (Lipinski definition) is 2. The number of carbonyl (C=O) groups is 2. The molecule has 0 bridgehead atoms. The zero-order valence-electron chi connectivity index (χ0n) is 35.4. The summed E-state index contributed by atoms with van der Waals surface area (Å²) in [6, 6.07) is 7.42. The minimum atomic E-state index is -1.33. The van der Waals surface area contributed by atoms with Gasteiger partial charge >= 0.3 is 5.22 Å². The third-order valence-corrected chi connectivity index (χ3v) is 11.4. The van der Waals surface area contributed by atoms with Crippen molar-refractivity contribution in [3.8, 4) is 17.2 Å². The van der Waals surface area contributed by atoms with Crippen LogP contribution in [0.4, 0.5) is 0 Å². The molecule has 3 unspecified atom stereocenters. The fourth-order valence-corrected chi connectivity index (χ4v) is 7.85. The van der Waals surface area contributed by atoms with Crippen molar-refractivity contribution in [3.05, 3.63) is 24.3 Å². The summed E-state index contributed by atoms with van der Waals surface area (Å²) in [5, 5.41) is 14.4. The molecule has 0 spiro atoms. The quantitative estimate of drug-likeness (QED) is 0.0779. The van der Waals surface area contributed by atoms with Gasteiger partial charge in [0.1, 0.15) is 16.5 Å². The van der Waals surface area contributed by atoms with Crippen LogP contribution in [0.25, 0.3) is 11.5 Å². The number of hydrogen-bond acceptors (Lipinski definition) is 8. The molecule has 2 aromatic rings. The van der Waals surface area contributed by atoms with Crippen LogP contribution in [0.15, 0.2) is 33.9 Å². The predicted molar refractivity (Wildman–Crippen MR) is 222 cm³/mol. The van der Waals surface area contributed by atoms with Gasteiger partial charge in [-0.15, -0.1) is 5.10 Å². The summed E-state index contributed by atoms with van der Waals surface area (Å²) in [5.74, 6) is 1.27. The van der Waals surface area contributed by atoms with Crippen molar-refractivity contribution in [2.45, 2.75) is 175 Å². The van der Waals surface area contributed by atoms with Crippen molar-refractivity contribution in [2.75, 3.05) is 32.6 Å². The van der Waals surface area contributed by atoms with E-state index in [4.69, 9.17) is 13.9 Å². The highest BCUT2D eigenvalue weighted by molar-refractivity contribution is 7.84. The Morgan fingerprint density at radius 1 is 0.836 bits per heavy atom. The van der Waals surface area contributed by atoms with E-state index in [9.17, 15) is 13.8 Å². The van der Waals surface area contributed by atoms with E-state index in [0.717, 1.165) is 44.1 Å². The average Bonchev–Trinajstić information content (AvgIpc) is 3.81. The Kier molecular flexibility index (Phi) is 20.4. The first kappa shape index (κ1) is 46.6. The predicted octanol–water partition coefficient (Wildman–Crippen LogP) is 9.97. The highest BCUT2D eigenvalue weighted by Crippen LogP contribution is 2.42. The Labute approximate surface area is 335 Å². The van der Waals surface area contributed by atoms with E-state index in [0.29, 0.717) is 50.8 Å². The van der Waals surface area contributed by atoms with Gasteiger partial charge in [0.25, 0.3) is 0 Å². The van der Waals surface area contributed by atoms with E-state index in [2.05, 4.69) is 62.4 Å². The third kappa shape index (κ3) is 17.5. The molecular weight excluding hydrogens is 713 g/mol. The van der Waals surface area contributed by atoms with E-state index < -0.39 is 16.2 Å². The molecule has 2 N–H and O–H groups in total. The standard InChI is InChI=1S/C44H74N4O6S/c1-8-10-11-12-13-14-15-16-17-18-19-20-21-22-38(49)46-36-27-29-44(30-36,28-9-2)40(50)45-31-42(3,4)32-52-33-43(5,6)34-53-37-25-23-35(24-26-37)39-47-48-41(54-39)55(7)51/h23-26,36H,8-22,27-34H2,1-7H3,(H,45,50)(H,46,49). The van der Waals surface area contributed by atoms with Gasteiger partial charge in [0, 0.05) is 41.7 Å². The van der Waals surface area contributed by atoms with Crippen LogP contribution in [0.5, 0.6) is 5.75 Å². The summed E-state index contributed by atoms with van der Waals surface area (Å²) in [4.78, 5) is 26.5. The SMILES string of the molecule is CCCCCCCCCCCCCCCC(=O)NC1CCC(CCC)(C(=O)NCC(C)(C)COCC(C)(C)COc2ccc(-c3nnc(S(C)=O)o3)cc2)C1. The summed E-state index contributed by atoms with van der Waals surface area (Å²) in [6.07, 6.45) is 23.1. The van der Waals surface area contributed by atoms with Gasteiger partial charge in [0.2, 0.25) is 17.7 Å². The number of nitrogens with one attached hydrogen (secondary N) is 2. The van der Waals surface area contributed by atoms with Gasteiger partial charge in [-0.3, -0.25) is 9.59 Å². The molecule has 0 saturated heterocycles. The molecule has 11 heteroatoms. The van der Waals surface area contributed by atoms with Gasteiger partial charge in [-0.1, -0.05) is 130 Å². The van der Waals surface area contributed by atoms with Gasteiger partial charge in [0.15, 0.2) is 0 Å². The van der Waals surface area contributed by atoms with Crippen LogP contribution in [0.1, 0.15) is 164 Å². The fraction of sp³-hybridized carbons (Fsp3) is 0.773. The fourth-order valence-electron chi connectivity index (χ4n) is 7.50. The number of carbonyl (C=O) groups excluding carboxylic acids is 2. The molecule has 1 fully saturated rings. The molecule has 1 aromatic heterocycles. The second-order valence-corrected chi connectivity index (χ2v) is 18.9. The monoisotopic (exact) mass is 787 g/mol. The lowest BCUT2D eigenvalue weighted by molar-refractivity contribution is -0.132. The molecule has 312 valence electrons. The van der Waals surface area contributed by atoms with Gasteiger partial charge < -0.3 is 24.5 Å². The number of benzene rings is 1. The van der Waals surface area contributed by atoms with E-state index in [1.807, 2.05) is 24.3 Å². The summed E-state index contributed by atoms with van der Waals surface area (Å²) in [6.45, 7) is 14.8. The highest BCUT2D eigenvalue weighted by Gasteiger charge is 2.45. The first-order valence-electron chi connectivity index (χ1n) is 21.3. The van der Waals surface area contributed by atoms with Gasteiger partial charge in [0.05, 0.1) is 25.2 Å². The van der Waals surface area contributed by atoms with Crippen LogP contribution in [-0.2, 0) is 25.1 Å². The van der Waals surface area contributed by atoms with Crippen molar-refractivity contribution in [2.24, 2.45) is 16.2 Å². The maximum absolute atomic E-state index is 13.7. The lowest BCUT2D eigenvalue weighted by Gasteiger charge is -2.32. The van der Waals surface area contributed by atoms with Gasteiger partial charge in [-0.05, 0) is 56.4 Å². The number of amides is 2. The van der Waals surface area contributed by atoms with Crippen LogP contribution in [0.2, 0.25) is 0 Å². The summed E-state index contributed by atoms with van der Waals surface area (Å²) < 4.78 is 29.3. The van der Waals surface area contributed by atoms with Crippen LogP contribution in [0, 0.1) is 16.2 Å². The maximum Gasteiger partial charge on any atom is 0.307 e. The van der Waals surface area contributed by atoms with Crippen LogP contribution < -0.4 is 15.4 Å². The molecule has 1 aliphatic rings. The van der Waals surface area contributed by atoms with E-state index in [1.54, 1.807) is 0 Å². The smallest absolute Gasteiger partial charge is 0.307 e. The Morgan fingerprint density at radius 3 is 2.02 bits per heavy atom. The van der Waals surface area contributed by atoms with Crippen LogP contribution in [0.3, 0.4) is 0 Å². The Hall–Kier alpha value is -2.79. The van der Waals surface area contributed by atoms with Crippen molar-refractivity contribution < 1.29 is 27.7 Å². The number of unbranched alkanes of at least 4 members (excludes halogenated alkanes) is 12. The lowest BCUT2D eigenvalue weighted by atomic mass is 9.80. The van der Waals surface area contributed by atoms with E-state index in [-0.39, 0.29) is 33.9 Å². The maximum atomic E-state index is 13.7. The first-order chi connectivity index (χ1) is 26.3. The molecule has 3 atom stereocenters. The number of aromatic nitrogens is 2. The number of nitrogens with zero attached hydrogens (tertiary/aromatic N) is 2. The van der Waals surface area contributed by atoms with Crippen molar-refractivity contribution in [1.29, 1.82) is 0 Å². The molecule has 55 heavy (non-hydrogen) atoms. The second-order valence-electron chi connectivity index (χ2n) is 17.7. The molecule has 1 aliphatic carbocycles. The summed E-state index contributed by atoms with van der Waals surface area (Å²) >= 11 is 0. The van der Waals surface area contributed by atoms with Crippen LogP contribution >= 0.6 is 0 Å². The molecule has 1 aromatic carbocycles. The van der Waals surface area contributed by atoms with Crippen molar-refractivity contribution in [3.63, 3.8) is 0 Å². The van der Waals surface area contributed by atoms with E-state index in [1.165, 1.54) is 76.9 Å². The normalized spacial score (nSPS) is 18.0. The largest absolute Gasteiger partial charge is 0.493 e. The number of ether oxygens (including phenoxy) is 2. The zero-order chi connectivity index (χ0) is 40.2. The molecule has 1 saturated carbocycles. The molecular formula is C44H74N4O6S. The molecule has 0 radical (unpaired) electrons. The third-order valence-electron chi connectivity index (χ3n) is 10.8. The molecule has 10 nitrogen and oxygen atoms in total. The Morgan fingerprint density at radius 2 is 1.44 bits per heavy atom. The van der Waals surface area contributed by atoms with E-state index >= 15 is 0 Å². The first-order valence-corrected chi connectivity index (χ1v) is 22.9. The Bertz CT molecular complexity index is 1430. The summed E-state index contributed by atoms with van der Waals surface area (Å²) in [7, 11) is -1.33. The lowest BCUT2D eigenvalue weighted by Crippen LogP contribution is -2.45. The molecule has 0 aliphatic heterocycles. The zero-order valence-corrected chi connectivity index (χ0v) is 36.2. The van der Waals surface area contributed by atoms with Crippen molar-refractivity contribution >= 4 is 22.6 Å². The molecule has 2 amide bonds. The molecule has 1 heterocycles.